The summed E-state index contributed by atoms with van der Waals surface area (Å²) in [7, 11) is 1.71. The molecule has 2 aromatic rings. The Morgan fingerprint density at radius 3 is 2.75 bits per heavy atom. The van der Waals surface area contributed by atoms with Crippen molar-refractivity contribution in [2.75, 3.05) is 12.4 Å². The van der Waals surface area contributed by atoms with E-state index in [0.717, 1.165) is 8.96 Å². The lowest BCUT2D eigenvalue weighted by Crippen LogP contribution is -1.98. The number of alkyl halides is 2. The van der Waals surface area contributed by atoms with Gasteiger partial charge >= 0.3 is 0 Å². The monoisotopic (exact) mass is 334 g/mol. The topological polar surface area (TPSA) is 24.9 Å². The molecule has 1 aromatic heterocycles. The number of hydrogen-bond acceptors (Lipinski definition) is 2. The van der Waals surface area contributed by atoms with Gasteiger partial charge in [0.15, 0.2) is 0 Å². The third-order valence-corrected chi connectivity index (χ3v) is 3.17. The van der Waals surface area contributed by atoms with Crippen molar-refractivity contribution in [3.63, 3.8) is 0 Å². The molecule has 0 atom stereocenters. The summed E-state index contributed by atoms with van der Waals surface area (Å²) in [5.74, 6) is 0. The van der Waals surface area contributed by atoms with E-state index in [4.69, 9.17) is 0 Å². The molecule has 2 rings (SSSR count). The van der Waals surface area contributed by atoms with Crippen LogP contribution in [-0.4, -0.2) is 12.0 Å². The van der Waals surface area contributed by atoms with Crippen molar-refractivity contribution in [3.8, 4) is 0 Å². The maximum Gasteiger partial charge on any atom is 0.280 e. The summed E-state index contributed by atoms with van der Waals surface area (Å²) in [5, 5.41) is 3.78. The number of anilines is 1. The van der Waals surface area contributed by atoms with Crippen LogP contribution < -0.4 is 5.32 Å². The van der Waals surface area contributed by atoms with E-state index in [0.29, 0.717) is 11.2 Å². The third-order valence-electron chi connectivity index (χ3n) is 2.30. The first-order valence-electron chi connectivity index (χ1n) is 4.68. The van der Waals surface area contributed by atoms with Gasteiger partial charge in [0.2, 0.25) is 0 Å². The number of para-hydroxylation sites is 1. The molecule has 2 nitrogen and oxygen atoms in total. The molecule has 0 fully saturated rings. The lowest BCUT2D eigenvalue weighted by Gasteiger charge is -2.09. The summed E-state index contributed by atoms with van der Waals surface area (Å²) in [5.41, 5.74) is 1.10. The van der Waals surface area contributed by atoms with Crippen molar-refractivity contribution in [2.45, 2.75) is 6.43 Å². The van der Waals surface area contributed by atoms with E-state index in [9.17, 15) is 8.78 Å². The van der Waals surface area contributed by atoms with Crippen molar-refractivity contribution in [1.29, 1.82) is 0 Å². The number of pyridine rings is 1. The first kappa shape index (κ1) is 11.5. The highest BCUT2D eigenvalue weighted by atomic mass is 127. The molecule has 0 aliphatic carbocycles. The predicted octanol–water partition coefficient (Wildman–Crippen LogP) is 3.82. The van der Waals surface area contributed by atoms with Gasteiger partial charge in [-0.2, -0.15) is 0 Å². The molecule has 0 spiro atoms. The molecule has 1 N–H and O–H groups in total. The molecule has 16 heavy (non-hydrogen) atoms. The molecule has 0 saturated heterocycles. The van der Waals surface area contributed by atoms with E-state index in [1.165, 1.54) is 6.07 Å². The van der Waals surface area contributed by atoms with Crippen LogP contribution in [0.3, 0.4) is 0 Å². The number of nitrogens with one attached hydrogen (secondary N) is 1. The molecule has 0 saturated carbocycles. The minimum Gasteiger partial charge on any atom is -0.388 e. The second-order valence-electron chi connectivity index (χ2n) is 3.28. The smallest absolute Gasteiger partial charge is 0.280 e. The Hall–Kier alpha value is -0.980. The Morgan fingerprint density at radius 2 is 2.12 bits per heavy atom. The van der Waals surface area contributed by atoms with Crippen LogP contribution in [0.2, 0.25) is 0 Å². The van der Waals surface area contributed by atoms with Crippen LogP contribution in [0.4, 0.5) is 14.5 Å². The van der Waals surface area contributed by atoms with E-state index in [1.807, 2.05) is 18.2 Å². The first-order chi connectivity index (χ1) is 7.63. The highest BCUT2D eigenvalue weighted by molar-refractivity contribution is 14.1. The molecule has 0 radical (unpaired) electrons. The van der Waals surface area contributed by atoms with Crippen LogP contribution in [0.1, 0.15) is 12.1 Å². The summed E-state index contributed by atoms with van der Waals surface area (Å²) in [4.78, 5) is 3.99. The van der Waals surface area contributed by atoms with E-state index >= 15 is 0 Å². The minimum absolute atomic E-state index is 0.194. The minimum atomic E-state index is -2.55. The lowest BCUT2D eigenvalue weighted by molar-refractivity contribution is 0.146. The molecule has 84 valence electrons. The fourth-order valence-corrected chi connectivity index (χ4v) is 2.17. The van der Waals surface area contributed by atoms with E-state index in [-0.39, 0.29) is 5.69 Å². The molecule has 5 heteroatoms. The van der Waals surface area contributed by atoms with Crippen LogP contribution in [0.5, 0.6) is 0 Å². The molecule has 0 amide bonds. The Bertz CT molecular complexity index is 529. The molecular weight excluding hydrogens is 325 g/mol. The summed E-state index contributed by atoms with van der Waals surface area (Å²) in [6, 6.07) is 6.99. The number of hydrogen-bond donors (Lipinski definition) is 1. The molecule has 0 unspecified atom stereocenters. The zero-order chi connectivity index (χ0) is 11.7. The van der Waals surface area contributed by atoms with Gasteiger partial charge in [-0.3, -0.25) is 0 Å². The Labute approximate surface area is 105 Å². The molecule has 0 bridgehead atoms. The zero-order valence-electron chi connectivity index (χ0n) is 8.47. The van der Waals surface area contributed by atoms with Crippen molar-refractivity contribution in [2.24, 2.45) is 0 Å². The van der Waals surface area contributed by atoms with Crippen LogP contribution in [0.25, 0.3) is 10.9 Å². The van der Waals surface area contributed by atoms with E-state index < -0.39 is 6.43 Å². The Morgan fingerprint density at radius 1 is 1.38 bits per heavy atom. The highest BCUT2D eigenvalue weighted by Crippen LogP contribution is 2.29. The van der Waals surface area contributed by atoms with Crippen molar-refractivity contribution in [3.05, 3.63) is 33.5 Å². The Kier molecular flexibility index (Phi) is 3.22. The van der Waals surface area contributed by atoms with Gasteiger partial charge < -0.3 is 5.32 Å². The van der Waals surface area contributed by atoms with Gasteiger partial charge in [0.1, 0.15) is 5.69 Å². The van der Waals surface area contributed by atoms with Gasteiger partial charge in [-0.25, -0.2) is 13.8 Å². The molecule has 1 heterocycles. The maximum absolute atomic E-state index is 12.7. The first-order valence-corrected chi connectivity index (χ1v) is 5.76. The Balaban J connectivity index is 2.79. The summed E-state index contributed by atoms with van der Waals surface area (Å²) >= 11 is 2.10. The normalized spacial score (nSPS) is 11.1. The zero-order valence-corrected chi connectivity index (χ0v) is 10.6. The van der Waals surface area contributed by atoms with Crippen molar-refractivity contribution in [1.82, 2.24) is 4.98 Å². The number of aromatic nitrogens is 1. The number of benzene rings is 1. The van der Waals surface area contributed by atoms with Gasteiger partial charge in [0.25, 0.3) is 6.43 Å². The van der Waals surface area contributed by atoms with Gasteiger partial charge in [-0.05, 0) is 34.7 Å². The predicted molar refractivity (Wildman–Crippen MR) is 69.0 cm³/mol. The lowest BCUT2D eigenvalue weighted by atomic mass is 10.1. The number of fused-ring (bicyclic) bond motifs is 1. The largest absolute Gasteiger partial charge is 0.388 e. The van der Waals surface area contributed by atoms with Crippen LogP contribution in [-0.2, 0) is 0 Å². The van der Waals surface area contributed by atoms with Gasteiger partial charge in [-0.1, -0.05) is 12.1 Å². The second kappa shape index (κ2) is 4.48. The summed E-state index contributed by atoms with van der Waals surface area (Å²) < 4.78 is 26.2. The number of nitrogens with zero attached hydrogens (tertiary/aromatic N) is 1. The van der Waals surface area contributed by atoms with E-state index in [2.05, 4.69) is 32.9 Å². The fourth-order valence-electron chi connectivity index (χ4n) is 1.55. The second-order valence-corrected chi connectivity index (χ2v) is 4.44. The van der Waals surface area contributed by atoms with Crippen LogP contribution in [0, 0.1) is 3.57 Å². The van der Waals surface area contributed by atoms with Crippen LogP contribution in [0.15, 0.2) is 24.3 Å². The fraction of sp³-hybridized carbons (Fsp3) is 0.182. The third kappa shape index (κ3) is 1.95. The quantitative estimate of drug-likeness (QED) is 0.845. The van der Waals surface area contributed by atoms with Crippen molar-refractivity contribution >= 4 is 39.2 Å². The highest BCUT2D eigenvalue weighted by Gasteiger charge is 2.13. The van der Waals surface area contributed by atoms with Gasteiger partial charge in [0.05, 0.1) is 5.52 Å². The molecule has 1 aromatic carbocycles. The van der Waals surface area contributed by atoms with Gasteiger partial charge in [-0.15, -0.1) is 0 Å². The molecular formula is C11H9F2IN2. The van der Waals surface area contributed by atoms with E-state index in [1.54, 1.807) is 7.05 Å². The number of halogens is 3. The molecule has 0 aliphatic rings. The standard InChI is InChI=1S/C11H9F2IN2/c1-15-8-5-9(11(12)13)16-10-6(8)3-2-4-7(10)14/h2-5,11H,1H3,(H,15,16). The summed E-state index contributed by atoms with van der Waals surface area (Å²) in [6.45, 7) is 0. The number of rotatable bonds is 2. The maximum atomic E-state index is 12.7. The van der Waals surface area contributed by atoms with Crippen LogP contribution >= 0.6 is 22.6 Å². The SMILES string of the molecule is CNc1cc(C(F)F)nc2c(I)cccc12. The average molecular weight is 334 g/mol. The summed E-state index contributed by atoms with van der Waals surface area (Å²) in [6.07, 6.45) is -2.55. The van der Waals surface area contributed by atoms with Crippen molar-refractivity contribution < 1.29 is 8.78 Å². The van der Waals surface area contributed by atoms with Gasteiger partial charge in [0, 0.05) is 21.7 Å². The average Bonchev–Trinajstić information content (AvgIpc) is 2.28. The molecule has 0 aliphatic heterocycles.